The maximum absolute atomic E-state index is 12.2. The van der Waals surface area contributed by atoms with Crippen molar-refractivity contribution in [1.29, 1.82) is 0 Å². The maximum Gasteiger partial charge on any atom is 0.264 e. The van der Waals surface area contributed by atoms with Crippen molar-refractivity contribution in [3.05, 3.63) is 35.9 Å². The molecule has 2 N–H and O–H groups in total. The third-order valence-electron chi connectivity index (χ3n) is 3.64. The summed E-state index contributed by atoms with van der Waals surface area (Å²) in [6, 6.07) is 9.65. The minimum atomic E-state index is -0.583. The summed E-state index contributed by atoms with van der Waals surface area (Å²) in [6.07, 6.45) is 0.433. The summed E-state index contributed by atoms with van der Waals surface area (Å²) >= 11 is 0. The van der Waals surface area contributed by atoms with Crippen LogP contribution in [-0.4, -0.2) is 35.5 Å². The summed E-state index contributed by atoms with van der Waals surface area (Å²) < 4.78 is 0. The average molecular weight is 290 g/mol. The third kappa shape index (κ3) is 4.04. The van der Waals surface area contributed by atoms with E-state index in [9.17, 15) is 4.79 Å². The number of aliphatic hydroxyl groups is 1. The number of oxime groups is 1. The van der Waals surface area contributed by atoms with Gasteiger partial charge in [0.25, 0.3) is 5.91 Å². The number of rotatable bonds is 6. The van der Waals surface area contributed by atoms with Crippen molar-refractivity contribution in [2.45, 2.75) is 38.8 Å². The van der Waals surface area contributed by atoms with Crippen LogP contribution in [0.3, 0.4) is 0 Å². The van der Waals surface area contributed by atoms with E-state index >= 15 is 0 Å². The van der Waals surface area contributed by atoms with E-state index in [-0.39, 0.29) is 24.5 Å². The van der Waals surface area contributed by atoms with Crippen molar-refractivity contribution in [2.75, 3.05) is 6.61 Å². The monoisotopic (exact) mass is 290 g/mol. The lowest BCUT2D eigenvalue weighted by molar-refractivity contribution is -0.132. The van der Waals surface area contributed by atoms with Gasteiger partial charge in [0.15, 0.2) is 0 Å². The van der Waals surface area contributed by atoms with Gasteiger partial charge < -0.3 is 15.3 Å². The van der Waals surface area contributed by atoms with Crippen molar-refractivity contribution in [3.8, 4) is 0 Å². The highest BCUT2D eigenvalue weighted by Crippen LogP contribution is 2.17. The fourth-order valence-electron chi connectivity index (χ4n) is 2.31. The molecule has 0 fully saturated rings. The maximum atomic E-state index is 12.2. The van der Waals surface area contributed by atoms with Gasteiger partial charge in [-0.1, -0.05) is 49.3 Å². The molecule has 5 heteroatoms. The molecule has 1 aromatic carbocycles. The zero-order valence-corrected chi connectivity index (χ0v) is 12.5. The smallest absolute Gasteiger partial charge is 0.264 e. The molecule has 114 valence electrons. The van der Waals surface area contributed by atoms with Gasteiger partial charge in [-0.2, -0.15) is 0 Å². The highest BCUT2D eigenvalue weighted by Gasteiger charge is 2.30. The average Bonchev–Trinajstić information content (AvgIpc) is 2.97. The second-order valence-electron chi connectivity index (χ2n) is 5.57. The number of amides is 1. The zero-order chi connectivity index (χ0) is 15.2. The molecule has 0 spiro atoms. The summed E-state index contributed by atoms with van der Waals surface area (Å²) in [7, 11) is 0. The Labute approximate surface area is 125 Å². The molecule has 2 rings (SSSR count). The molecule has 0 aliphatic carbocycles. The van der Waals surface area contributed by atoms with Gasteiger partial charge in [-0.15, -0.1) is 0 Å². The van der Waals surface area contributed by atoms with Crippen LogP contribution >= 0.6 is 0 Å². The van der Waals surface area contributed by atoms with Crippen LogP contribution in [0, 0.1) is 5.92 Å². The van der Waals surface area contributed by atoms with E-state index in [2.05, 4.69) is 10.5 Å². The molecule has 5 nitrogen and oxygen atoms in total. The van der Waals surface area contributed by atoms with Crippen molar-refractivity contribution in [2.24, 2.45) is 11.1 Å². The van der Waals surface area contributed by atoms with Gasteiger partial charge in [0, 0.05) is 19.1 Å². The summed E-state index contributed by atoms with van der Waals surface area (Å²) in [5, 5.41) is 16.0. The molecule has 1 aliphatic rings. The largest absolute Gasteiger partial charge is 0.396 e. The van der Waals surface area contributed by atoms with E-state index in [0.29, 0.717) is 12.8 Å². The van der Waals surface area contributed by atoms with E-state index in [0.717, 1.165) is 11.3 Å². The highest BCUT2D eigenvalue weighted by molar-refractivity contribution is 6.04. The first kappa shape index (κ1) is 15.5. The SMILES string of the molecule is CC(C)C(CCO)NC(=O)C1CC(c2ccccc2)=NO1. The highest BCUT2D eigenvalue weighted by atomic mass is 16.6. The van der Waals surface area contributed by atoms with E-state index in [1.54, 1.807) is 0 Å². The minimum absolute atomic E-state index is 0.0492. The Hall–Kier alpha value is -1.88. The number of nitrogens with zero attached hydrogens (tertiary/aromatic N) is 1. The van der Waals surface area contributed by atoms with Crippen molar-refractivity contribution >= 4 is 11.6 Å². The predicted octanol–water partition coefficient (Wildman–Crippen LogP) is 1.70. The Bertz CT molecular complexity index is 500. The Morgan fingerprint density at radius 3 is 2.76 bits per heavy atom. The fourth-order valence-corrected chi connectivity index (χ4v) is 2.31. The van der Waals surface area contributed by atoms with Gasteiger partial charge in [-0.3, -0.25) is 4.79 Å². The Morgan fingerprint density at radius 1 is 1.43 bits per heavy atom. The van der Waals surface area contributed by atoms with Crippen LogP contribution < -0.4 is 5.32 Å². The first-order valence-electron chi connectivity index (χ1n) is 7.31. The minimum Gasteiger partial charge on any atom is -0.396 e. The zero-order valence-electron chi connectivity index (χ0n) is 12.5. The molecular formula is C16H22N2O3. The van der Waals surface area contributed by atoms with Crippen LogP contribution in [0.5, 0.6) is 0 Å². The number of hydrogen-bond donors (Lipinski definition) is 2. The van der Waals surface area contributed by atoms with Crippen LogP contribution in [0.2, 0.25) is 0 Å². The molecular weight excluding hydrogens is 268 g/mol. The summed E-state index contributed by atoms with van der Waals surface area (Å²) in [5.74, 6) is 0.0915. The first-order valence-corrected chi connectivity index (χ1v) is 7.31. The second kappa shape index (κ2) is 7.22. The number of benzene rings is 1. The van der Waals surface area contributed by atoms with Gasteiger partial charge in [0.05, 0.1) is 5.71 Å². The van der Waals surface area contributed by atoms with Gasteiger partial charge in [-0.25, -0.2) is 0 Å². The van der Waals surface area contributed by atoms with Gasteiger partial charge >= 0.3 is 0 Å². The summed E-state index contributed by atoms with van der Waals surface area (Å²) in [6.45, 7) is 4.09. The van der Waals surface area contributed by atoms with Crippen LogP contribution in [0.15, 0.2) is 35.5 Å². The van der Waals surface area contributed by atoms with Crippen LogP contribution in [0.25, 0.3) is 0 Å². The van der Waals surface area contributed by atoms with Crippen LogP contribution in [0.1, 0.15) is 32.3 Å². The van der Waals surface area contributed by atoms with E-state index in [1.807, 2.05) is 44.2 Å². The molecule has 0 saturated heterocycles. The number of carbonyl (C=O) groups excluding carboxylic acids is 1. The van der Waals surface area contributed by atoms with Crippen molar-refractivity contribution < 1.29 is 14.7 Å². The fraction of sp³-hybridized carbons (Fsp3) is 0.500. The molecule has 2 unspecified atom stereocenters. The summed E-state index contributed by atoms with van der Waals surface area (Å²) in [4.78, 5) is 17.5. The predicted molar refractivity (Wildman–Crippen MR) is 80.9 cm³/mol. The molecule has 1 heterocycles. The van der Waals surface area contributed by atoms with E-state index in [1.165, 1.54) is 0 Å². The molecule has 1 aliphatic heterocycles. The van der Waals surface area contributed by atoms with Gasteiger partial charge in [0.2, 0.25) is 6.10 Å². The van der Waals surface area contributed by atoms with Crippen LogP contribution in [0.4, 0.5) is 0 Å². The van der Waals surface area contributed by atoms with Crippen molar-refractivity contribution in [1.82, 2.24) is 5.32 Å². The molecule has 1 amide bonds. The number of hydrogen-bond acceptors (Lipinski definition) is 4. The molecule has 0 radical (unpaired) electrons. The normalized spacial score (nSPS) is 19.0. The number of carbonyl (C=O) groups is 1. The Morgan fingerprint density at radius 2 is 2.14 bits per heavy atom. The van der Waals surface area contributed by atoms with Crippen LogP contribution in [-0.2, 0) is 9.63 Å². The molecule has 0 aromatic heterocycles. The Kier molecular flexibility index (Phi) is 5.33. The molecule has 21 heavy (non-hydrogen) atoms. The quantitative estimate of drug-likeness (QED) is 0.837. The Balaban J connectivity index is 1.92. The standard InChI is InChI=1S/C16H22N2O3/c1-11(2)13(8-9-19)17-16(20)15-10-14(18-21-15)12-6-4-3-5-7-12/h3-7,11,13,15,19H,8-10H2,1-2H3,(H,17,20). The summed E-state index contributed by atoms with van der Waals surface area (Å²) in [5.41, 5.74) is 1.77. The lowest BCUT2D eigenvalue weighted by atomic mass is 10.00. The lowest BCUT2D eigenvalue weighted by Gasteiger charge is -2.22. The molecule has 0 bridgehead atoms. The molecule has 0 saturated carbocycles. The molecule has 1 aromatic rings. The number of nitrogens with one attached hydrogen (secondary N) is 1. The van der Waals surface area contributed by atoms with Crippen molar-refractivity contribution in [3.63, 3.8) is 0 Å². The molecule has 2 atom stereocenters. The lowest BCUT2D eigenvalue weighted by Crippen LogP contribution is -2.44. The van der Waals surface area contributed by atoms with E-state index in [4.69, 9.17) is 9.94 Å². The van der Waals surface area contributed by atoms with Gasteiger partial charge in [0.1, 0.15) is 0 Å². The third-order valence-corrected chi connectivity index (χ3v) is 3.64. The van der Waals surface area contributed by atoms with E-state index < -0.39 is 6.10 Å². The number of aliphatic hydroxyl groups excluding tert-OH is 1. The second-order valence-corrected chi connectivity index (χ2v) is 5.57. The van der Waals surface area contributed by atoms with Gasteiger partial charge in [-0.05, 0) is 17.9 Å². The topological polar surface area (TPSA) is 70.9 Å². The first-order chi connectivity index (χ1) is 10.1.